The van der Waals surface area contributed by atoms with Crippen molar-refractivity contribution in [3.8, 4) is 0 Å². The molecule has 2 atom stereocenters. The van der Waals surface area contributed by atoms with E-state index < -0.39 is 0 Å². The molecule has 1 aliphatic rings. The average Bonchev–Trinajstić information content (AvgIpc) is 1.96. The number of aliphatic hydroxyl groups is 1. The molecule has 3 heteroatoms. The second-order valence-corrected chi connectivity index (χ2v) is 4.19. The van der Waals surface area contributed by atoms with Gasteiger partial charge in [-0.2, -0.15) is 0 Å². The van der Waals surface area contributed by atoms with Gasteiger partial charge < -0.3 is 10.4 Å². The van der Waals surface area contributed by atoms with Gasteiger partial charge in [-0.1, -0.05) is 13.8 Å². The van der Waals surface area contributed by atoms with E-state index >= 15 is 0 Å². The molecule has 0 aromatic carbocycles. The second-order valence-electron chi connectivity index (χ2n) is 4.19. The molecule has 70 valence electrons. The molecule has 0 aliphatic heterocycles. The Hall–Kier alpha value is -0.570. The number of amides is 1. The molecule has 1 saturated carbocycles. The smallest absolute Gasteiger partial charge is 0.217 e. The SMILES string of the molecule is CC(=O)N[C@@H]1C[C@H](CO)C1(C)C. The molecule has 0 saturated heterocycles. The standard InChI is InChI=1S/C9H17NO2/c1-6(12)10-8-4-7(5-11)9(8,2)3/h7-8,11H,4-5H2,1-3H3,(H,10,12)/t7-,8-/m1/s1. The third kappa shape index (κ3) is 1.46. The quantitative estimate of drug-likeness (QED) is 0.636. The summed E-state index contributed by atoms with van der Waals surface area (Å²) in [5.74, 6) is 0.360. The van der Waals surface area contributed by atoms with E-state index in [1.54, 1.807) is 0 Å². The van der Waals surface area contributed by atoms with Gasteiger partial charge in [-0.3, -0.25) is 4.79 Å². The first-order valence-corrected chi connectivity index (χ1v) is 4.36. The Morgan fingerprint density at radius 2 is 2.25 bits per heavy atom. The van der Waals surface area contributed by atoms with Crippen molar-refractivity contribution in [1.82, 2.24) is 5.32 Å². The summed E-state index contributed by atoms with van der Waals surface area (Å²) < 4.78 is 0. The van der Waals surface area contributed by atoms with Crippen LogP contribution >= 0.6 is 0 Å². The van der Waals surface area contributed by atoms with Crippen LogP contribution in [-0.4, -0.2) is 23.7 Å². The Bertz CT molecular complexity index is 189. The van der Waals surface area contributed by atoms with E-state index in [1.165, 1.54) is 6.92 Å². The first-order chi connectivity index (χ1) is 5.48. The summed E-state index contributed by atoms with van der Waals surface area (Å²) in [6.07, 6.45) is 0.906. The van der Waals surface area contributed by atoms with Crippen molar-refractivity contribution in [2.24, 2.45) is 11.3 Å². The lowest BCUT2D eigenvalue weighted by molar-refractivity contribution is -0.124. The maximum Gasteiger partial charge on any atom is 0.217 e. The van der Waals surface area contributed by atoms with Crippen molar-refractivity contribution in [2.45, 2.75) is 33.2 Å². The van der Waals surface area contributed by atoms with Gasteiger partial charge in [0.1, 0.15) is 0 Å². The molecule has 0 aromatic heterocycles. The zero-order chi connectivity index (χ0) is 9.35. The average molecular weight is 171 g/mol. The van der Waals surface area contributed by atoms with Crippen molar-refractivity contribution in [2.75, 3.05) is 6.61 Å². The van der Waals surface area contributed by atoms with Crippen molar-refractivity contribution < 1.29 is 9.90 Å². The Kier molecular flexibility index (Phi) is 2.42. The van der Waals surface area contributed by atoms with E-state index in [9.17, 15) is 4.79 Å². The van der Waals surface area contributed by atoms with Crippen molar-refractivity contribution in [3.05, 3.63) is 0 Å². The molecular weight excluding hydrogens is 154 g/mol. The molecule has 0 aromatic rings. The van der Waals surface area contributed by atoms with Gasteiger partial charge in [0.05, 0.1) is 0 Å². The fourth-order valence-electron chi connectivity index (χ4n) is 1.82. The summed E-state index contributed by atoms with van der Waals surface area (Å²) >= 11 is 0. The van der Waals surface area contributed by atoms with Gasteiger partial charge in [0.2, 0.25) is 5.91 Å². The van der Waals surface area contributed by atoms with Crippen LogP contribution in [0, 0.1) is 11.3 Å². The maximum atomic E-state index is 10.8. The number of rotatable bonds is 2. The Morgan fingerprint density at radius 1 is 1.67 bits per heavy atom. The minimum Gasteiger partial charge on any atom is -0.396 e. The van der Waals surface area contributed by atoms with Gasteiger partial charge in [-0.25, -0.2) is 0 Å². The minimum atomic E-state index is 0.0180. The lowest BCUT2D eigenvalue weighted by Gasteiger charge is -2.51. The second kappa shape index (κ2) is 3.05. The maximum absolute atomic E-state index is 10.8. The molecule has 3 nitrogen and oxygen atoms in total. The molecule has 1 aliphatic carbocycles. The van der Waals surface area contributed by atoms with Crippen LogP contribution in [-0.2, 0) is 4.79 Å². The van der Waals surface area contributed by atoms with E-state index in [0.29, 0.717) is 5.92 Å². The van der Waals surface area contributed by atoms with Gasteiger partial charge in [0, 0.05) is 19.6 Å². The molecule has 0 radical (unpaired) electrons. The van der Waals surface area contributed by atoms with Crippen LogP contribution in [0.4, 0.5) is 0 Å². The third-order valence-electron chi connectivity index (χ3n) is 3.07. The van der Waals surface area contributed by atoms with Crippen molar-refractivity contribution in [3.63, 3.8) is 0 Å². The number of carbonyl (C=O) groups excluding carboxylic acids is 1. The van der Waals surface area contributed by atoms with E-state index in [-0.39, 0.29) is 24.0 Å². The van der Waals surface area contributed by atoms with Crippen LogP contribution in [0.2, 0.25) is 0 Å². The number of carbonyl (C=O) groups is 1. The highest BCUT2D eigenvalue weighted by atomic mass is 16.3. The van der Waals surface area contributed by atoms with Crippen molar-refractivity contribution in [1.29, 1.82) is 0 Å². The highest BCUT2D eigenvalue weighted by Gasteiger charge is 2.47. The lowest BCUT2D eigenvalue weighted by Crippen LogP contribution is -2.58. The fourth-order valence-corrected chi connectivity index (χ4v) is 1.82. The summed E-state index contributed by atoms with van der Waals surface area (Å²) in [4.78, 5) is 10.8. The Balaban J connectivity index is 2.47. The number of nitrogens with one attached hydrogen (secondary N) is 1. The zero-order valence-corrected chi connectivity index (χ0v) is 7.92. The summed E-state index contributed by atoms with van der Waals surface area (Å²) in [6.45, 7) is 5.92. The molecule has 0 heterocycles. The van der Waals surface area contributed by atoms with Gasteiger partial charge in [-0.15, -0.1) is 0 Å². The number of hydrogen-bond acceptors (Lipinski definition) is 2. The molecular formula is C9H17NO2. The van der Waals surface area contributed by atoms with E-state index in [1.807, 2.05) is 0 Å². The summed E-state index contributed by atoms with van der Waals surface area (Å²) in [6, 6.07) is 0.243. The number of hydrogen-bond donors (Lipinski definition) is 2. The van der Waals surface area contributed by atoms with Gasteiger partial charge in [-0.05, 0) is 17.8 Å². The molecule has 2 N–H and O–H groups in total. The Morgan fingerprint density at radius 3 is 2.58 bits per heavy atom. The fraction of sp³-hybridized carbons (Fsp3) is 0.889. The van der Waals surface area contributed by atoms with Crippen LogP contribution < -0.4 is 5.32 Å². The summed E-state index contributed by atoms with van der Waals surface area (Å²) in [7, 11) is 0. The topological polar surface area (TPSA) is 49.3 Å². The van der Waals surface area contributed by atoms with E-state index in [2.05, 4.69) is 19.2 Å². The number of aliphatic hydroxyl groups excluding tert-OH is 1. The van der Waals surface area contributed by atoms with Crippen LogP contribution in [0.1, 0.15) is 27.2 Å². The molecule has 0 unspecified atom stereocenters. The third-order valence-corrected chi connectivity index (χ3v) is 3.07. The largest absolute Gasteiger partial charge is 0.396 e. The monoisotopic (exact) mass is 171 g/mol. The lowest BCUT2D eigenvalue weighted by atomic mass is 9.59. The van der Waals surface area contributed by atoms with Crippen molar-refractivity contribution >= 4 is 5.91 Å². The minimum absolute atomic E-state index is 0.0180. The summed E-state index contributed by atoms with van der Waals surface area (Å²) in [5.41, 5.74) is 0.0560. The van der Waals surface area contributed by atoms with Gasteiger partial charge in [0.15, 0.2) is 0 Å². The van der Waals surface area contributed by atoms with Gasteiger partial charge >= 0.3 is 0 Å². The zero-order valence-electron chi connectivity index (χ0n) is 7.92. The molecule has 12 heavy (non-hydrogen) atoms. The highest BCUT2D eigenvalue weighted by molar-refractivity contribution is 5.73. The molecule has 0 spiro atoms. The van der Waals surface area contributed by atoms with Crippen LogP contribution in [0.3, 0.4) is 0 Å². The molecule has 1 fully saturated rings. The predicted molar refractivity (Wildman–Crippen MR) is 46.6 cm³/mol. The van der Waals surface area contributed by atoms with Crippen LogP contribution in [0.25, 0.3) is 0 Å². The normalized spacial score (nSPS) is 32.3. The predicted octanol–water partition coefficient (Wildman–Crippen LogP) is 0.529. The van der Waals surface area contributed by atoms with E-state index in [4.69, 9.17) is 5.11 Å². The Labute approximate surface area is 73.2 Å². The first-order valence-electron chi connectivity index (χ1n) is 4.36. The molecule has 1 rings (SSSR count). The molecule has 1 amide bonds. The highest BCUT2D eigenvalue weighted by Crippen LogP contribution is 2.45. The first kappa shape index (κ1) is 9.52. The molecule has 0 bridgehead atoms. The summed E-state index contributed by atoms with van der Waals surface area (Å²) in [5, 5.41) is 11.8. The van der Waals surface area contributed by atoms with E-state index in [0.717, 1.165) is 6.42 Å². The van der Waals surface area contributed by atoms with Crippen LogP contribution in [0.5, 0.6) is 0 Å². The van der Waals surface area contributed by atoms with Gasteiger partial charge in [0.25, 0.3) is 0 Å². The van der Waals surface area contributed by atoms with Crippen LogP contribution in [0.15, 0.2) is 0 Å².